The second kappa shape index (κ2) is 12.3. The zero-order valence-electron chi connectivity index (χ0n) is 26.6. The fraction of sp³-hybridized carbons (Fsp3) is 0.394. The maximum absolute atomic E-state index is 13.7. The van der Waals surface area contributed by atoms with Gasteiger partial charge in [-0.15, -0.1) is 11.3 Å². The van der Waals surface area contributed by atoms with Gasteiger partial charge in [0.2, 0.25) is 5.91 Å². The molecule has 47 heavy (non-hydrogen) atoms. The van der Waals surface area contributed by atoms with E-state index in [2.05, 4.69) is 30.7 Å². The fourth-order valence-corrected chi connectivity index (χ4v) is 9.52. The van der Waals surface area contributed by atoms with Crippen LogP contribution in [0.3, 0.4) is 0 Å². The Morgan fingerprint density at radius 1 is 1.04 bits per heavy atom. The molecular formula is C33H38N8O4S2. The van der Waals surface area contributed by atoms with E-state index in [1.165, 1.54) is 3.97 Å². The van der Waals surface area contributed by atoms with Crippen LogP contribution in [0.2, 0.25) is 0 Å². The van der Waals surface area contributed by atoms with Crippen LogP contribution in [0, 0.1) is 6.92 Å². The average molecular weight is 675 g/mol. The van der Waals surface area contributed by atoms with Crippen LogP contribution in [0.5, 0.6) is 0 Å². The van der Waals surface area contributed by atoms with Crippen LogP contribution in [-0.2, 0) is 19.6 Å². The van der Waals surface area contributed by atoms with Crippen molar-refractivity contribution in [3.05, 3.63) is 83.5 Å². The molecule has 0 bridgehead atoms. The number of rotatable bonds is 8. The SMILES string of the molecule is Cc1cc2c(C3CN(C(c4cc5ncncc5s4)N4CCN(C(C)(C)C(N)=O)CC4)CCO3)nccc2n1S(=O)(=O)c1ccccc1. The lowest BCUT2D eigenvalue weighted by atomic mass is 10.0. The molecule has 2 atom stereocenters. The zero-order valence-corrected chi connectivity index (χ0v) is 28.2. The number of benzene rings is 1. The zero-order chi connectivity index (χ0) is 32.9. The maximum atomic E-state index is 13.7. The van der Waals surface area contributed by atoms with Crippen molar-refractivity contribution in [3.63, 3.8) is 0 Å². The van der Waals surface area contributed by atoms with E-state index in [-0.39, 0.29) is 23.1 Å². The van der Waals surface area contributed by atoms with Crippen molar-refractivity contribution in [2.45, 2.75) is 43.5 Å². The number of carbonyl (C=O) groups excluding carboxylic acids is 1. The first kappa shape index (κ1) is 31.8. The Hall–Kier alpha value is -3.79. The first-order valence-corrected chi connectivity index (χ1v) is 17.9. The lowest BCUT2D eigenvalue weighted by molar-refractivity contribution is -0.131. The minimum atomic E-state index is -3.82. The van der Waals surface area contributed by atoms with E-state index in [1.54, 1.807) is 67.2 Å². The third-order valence-corrected chi connectivity index (χ3v) is 12.4. The third-order valence-electron chi connectivity index (χ3n) is 9.44. The van der Waals surface area contributed by atoms with E-state index in [0.717, 1.165) is 33.6 Å². The summed E-state index contributed by atoms with van der Waals surface area (Å²) in [6.45, 7) is 10.2. The number of primary amides is 1. The van der Waals surface area contributed by atoms with Gasteiger partial charge in [-0.3, -0.25) is 24.5 Å². The predicted octanol–water partition coefficient (Wildman–Crippen LogP) is 3.54. The lowest BCUT2D eigenvalue weighted by Gasteiger charge is -2.48. The summed E-state index contributed by atoms with van der Waals surface area (Å²) in [4.78, 5) is 34.1. The number of aromatic nitrogens is 4. The van der Waals surface area contributed by atoms with Crippen LogP contribution in [-0.4, -0.2) is 99.4 Å². The number of piperazine rings is 1. The van der Waals surface area contributed by atoms with Gasteiger partial charge in [0.1, 0.15) is 12.4 Å². The summed E-state index contributed by atoms with van der Waals surface area (Å²) in [5.41, 5.74) is 7.82. The molecule has 2 aliphatic heterocycles. The number of nitrogens with two attached hydrogens (primary N) is 1. The molecule has 4 aromatic heterocycles. The van der Waals surface area contributed by atoms with Crippen molar-refractivity contribution in [1.29, 1.82) is 0 Å². The molecule has 0 saturated carbocycles. The molecule has 1 amide bonds. The molecule has 12 nitrogen and oxygen atoms in total. The molecule has 0 aliphatic carbocycles. The van der Waals surface area contributed by atoms with Gasteiger partial charge in [0.15, 0.2) is 0 Å². The maximum Gasteiger partial charge on any atom is 0.268 e. The van der Waals surface area contributed by atoms with Crippen LogP contribution < -0.4 is 5.73 Å². The molecule has 6 heterocycles. The van der Waals surface area contributed by atoms with Gasteiger partial charge in [-0.05, 0) is 51.1 Å². The van der Waals surface area contributed by atoms with Gasteiger partial charge >= 0.3 is 0 Å². The molecule has 0 radical (unpaired) electrons. The molecule has 2 fully saturated rings. The van der Waals surface area contributed by atoms with Crippen LogP contribution in [0.25, 0.3) is 21.1 Å². The van der Waals surface area contributed by atoms with Gasteiger partial charge in [0.05, 0.1) is 44.6 Å². The van der Waals surface area contributed by atoms with E-state index in [0.29, 0.717) is 49.7 Å². The monoisotopic (exact) mass is 674 g/mol. The van der Waals surface area contributed by atoms with Crippen LogP contribution in [0.1, 0.15) is 42.4 Å². The van der Waals surface area contributed by atoms with E-state index >= 15 is 0 Å². The molecule has 2 N–H and O–H groups in total. The molecule has 2 aliphatic rings. The Kier molecular flexibility index (Phi) is 8.35. The van der Waals surface area contributed by atoms with E-state index in [9.17, 15) is 13.2 Å². The Balaban J connectivity index is 1.22. The summed E-state index contributed by atoms with van der Waals surface area (Å²) in [5.74, 6) is -0.330. The molecule has 0 spiro atoms. The molecule has 2 saturated heterocycles. The van der Waals surface area contributed by atoms with Crippen molar-refractivity contribution in [2.24, 2.45) is 5.73 Å². The second-order valence-corrected chi connectivity index (χ2v) is 15.5. The molecule has 246 valence electrons. The summed E-state index contributed by atoms with van der Waals surface area (Å²) in [6, 6.07) is 14.3. The number of carbonyl (C=O) groups is 1. The van der Waals surface area contributed by atoms with Gasteiger partial charge in [-0.25, -0.2) is 22.4 Å². The number of ether oxygens (including phenoxy) is 1. The van der Waals surface area contributed by atoms with Gasteiger partial charge in [-0.1, -0.05) is 18.2 Å². The minimum absolute atomic E-state index is 0.0663. The highest BCUT2D eigenvalue weighted by Crippen LogP contribution is 2.39. The highest BCUT2D eigenvalue weighted by Gasteiger charge is 2.39. The predicted molar refractivity (Wildman–Crippen MR) is 180 cm³/mol. The van der Waals surface area contributed by atoms with Gasteiger partial charge < -0.3 is 10.5 Å². The van der Waals surface area contributed by atoms with Crippen molar-refractivity contribution in [3.8, 4) is 0 Å². The summed E-state index contributed by atoms with van der Waals surface area (Å²) < 4.78 is 36.3. The third kappa shape index (κ3) is 5.72. The van der Waals surface area contributed by atoms with Crippen molar-refractivity contribution >= 4 is 48.4 Å². The second-order valence-electron chi connectivity index (χ2n) is 12.6. The first-order valence-electron chi connectivity index (χ1n) is 15.7. The number of nitrogens with zero attached hydrogens (tertiary/aromatic N) is 7. The van der Waals surface area contributed by atoms with Gasteiger partial charge in [-0.2, -0.15) is 0 Å². The minimum Gasteiger partial charge on any atom is -0.369 e. The standard InChI is InChI=1S/C33H38N8O4S2/c1-22-17-24-26(41(22)47(43,44)23-7-5-4-6-8-23)9-10-36-30(24)27-20-39(15-16-45-27)31(28-18-25-29(46-28)19-35-21-37-25)38-11-13-40(14-12-38)33(2,3)32(34)42/h4-10,17-19,21,27,31H,11-16,20H2,1-3H3,(H2,34,42). The number of hydrogen-bond acceptors (Lipinski definition) is 11. The molecule has 7 rings (SSSR count). The Bertz CT molecular complexity index is 2000. The Morgan fingerprint density at radius 2 is 1.81 bits per heavy atom. The fourth-order valence-electron chi connectivity index (χ4n) is 6.80. The number of fused-ring (bicyclic) bond motifs is 2. The number of morpholine rings is 1. The average Bonchev–Trinajstić information content (AvgIpc) is 3.66. The molecule has 5 aromatic rings. The number of pyridine rings is 1. The summed E-state index contributed by atoms with van der Waals surface area (Å²) >= 11 is 1.69. The number of hydrogen-bond donors (Lipinski definition) is 1. The Morgan fingerprint density at radius 3 is 2.53 bits per heavy atom. The molecule has 14 heteroatoms. The number of amides is 1. The topological polar surface area (TPSA) is 140 Å². The number of thiophene rings is 1. The van der Waals surface area contributed by atoms with Crippen molar-refractivity contribution in [2.75, 3.05) is 45.9 Å². The largest absolute Gasteiger partial charge is 0.369 e. The summed E-state index contributed by atoms with van der Waals surface area (Å²) in [5, 5.41) is 0.757. The highest BCUT2D eigenvalue weighted by molar-refractivity contribution is 7.90. The molecule has 1 aromatic carbocycles. The highest BCUT2D eigenvalue weighted by atomic mass is 32.2. The summed E-state index contributed by atoms with van der Waals surface area (Å²) in [6.07, 6.45) is 4.64. The Labute approximate surface area is 277 Å². The van der Waals surface area contributed by atoms with Gasteiger partial charge in [0.25, 0.3) is 10.0 Å². The summed E-state index contributed by atoms with van der Waals surface area (Å²) in [7, 11) is -3.82. The smallest absolute Gasteiger partial charge is 0.268 e. The van der Waals surface area contributed by atoms with E-state index < -0.39 is 15.6 Å². The quantitative estimate of drug-likeness (QED) is 0.260. The van der Waals surface area contributed by atoms with Crippen LogP contribution >= 0.6 is 11.3 Å². The van der Waals surface area contributed by atoms with E-state index in [4.69, 9.17) is 15.5 Å². The van der Waals surface area contributed by atoms with Gasteiger partial charge in [0, 0.05) is 67.6 Å². The van der Waals surface area contributed by atoms with Crippen LogP contribution in [0.15, 0.2) is 72.1 Å². The molecular weight excluding hydrogens is 637 g/mol. The molecule has 2 unspecified atom stereocenters. The first-order chi connectivity index (χ1) is 22.6. The van der Waals surface area contributed by atoms with E-state index in [1.807, 2.05) is 26.1 Å². The van der Waals surface area contributed by atoms with Crippen LogP contribution in [0.4, 0.5) is 0 Å². The normalized spacial score (nSPS) is 19.8. The lowest BCUT2D eigenvalue weighted by Crippen LogP contribution is -2.61. The van der Waals surface area contributed by atoms with Crippen molar-refractivity contribution in [1.82, 2.24) is 33.6 Å². The number of aryl methyl sites for hydroxylation is 1. The van der Waals surface area contributed by atoms with Crippen molar-refractivity contribution < 1.29 is 17.9 Å².